The highest BCUT2D eigenvalue weighted by Gasteiger charge is 2.17. The molecule has 2 atom stereocenters. The monoisotopic (exact) mass is 202 g/mol. The van der Waals surface area contributed by atoms with Gasteiger partial charge in [-0.1, -0.05) is 18.2 Å². The van der Waals surface area contributed by atoms with E-state index < -0.39 is 12.2 Å². The topological polar surface area (TPSA) is 53.6 Å². The number of aliphatic hydroxyl groups is 2. The molecule has 0 fully saturated rings. The molecule has 0 saturated carbocycles. The fraction of sp³-hybridized carbons (Fsp3) is 0.167. The summed E-state index contributed by atoms with van der Waals surface area (Å²) in [5, 5.41) is 20.8. The third-order valence-corrected chi connectivity index (χ3v) is 2.67. The number of hydrogen-bond acceptors (Lipinski definition) is 3. The van der Waals surface area contributed by atoms with Crippen LogP contribution in [0.5, 0.6) is 0 Å². The van der Waals surface area contributed by atoms with E-state index >= 15 is 0 Å². The lowest BCUT2D eigenvalue weighted by molar-refractivity contribution is 0.0984. The first-order valence-electron chi connectivity index (χ1n) is 4.83. The number of hydrogen-bond donors (Lipinski definition) is 2. The maximum Gasteiger partial charge on any atom is 0.135 e. The molecular weight excluding hydrogens is 192 g/mol. The number of para-hydroxylation sites is 1. The number of furan rings is 1. The normalized spacial score (nSPS) is 24.4. The van der Waals surface area contributed by atoms with E-state index in [1.165, 1.54) is 0 Å². The Hall–Kier alpha value is -1.58. The average Bonchev–Trinajstić information content (AvgIpc) is 2.57. The largest absolute Gasteiger partial charge is 0.456 e. The van der Waals surface area contributed by atoms with E-state index in [0.717, 1.165) is 16.2 Å². The average molecular weight is 202 g/mol. The predicted molar refractivity (Wildman–Crippen MR) is 56.4 cm³/mol. The third kappa shape index (κ3) is 1.21. The second-order valence-corrected chi connectivity index (χ2v) is 3.69. The van der Waals surface area contributed by atoms with Crippen LogP contribution in [0.3, 0.4) is 0 Å². The van der Waals surface area contributed by atoms with Crippen molar-refractivity contribution in [2.24, 2.45) is 0 Å². The molecular formula is C12H10O3. The van der Waals surface area contributed by atoms with Crippen molar-refractivity contribution in [1.29, 1.82) is 0 Å². The highest BCUT2D eigenvalue weighted by atomic mass is 16.3. The van der Waals surface area contributed by atoms with Gasteiger partial charge in [-0.15, -0.1) is 0 Å². The lowest BCUT2D eigenvalue weighted by Crippen LogP contribution is -2.35. The quantitative estimate of drug-likeness (QED) is 0.618. The van der Waals surface area contributed by atoms with E-state index in [-0.39, 0.29) is 0 Å². The minimum Gasteiger partial charge on any atom is -0.456 e. The second kappa shape index (κ2) is 2.95. The fourth-order valence-corrected chi connectivity index (χ4v) is 1.90. The Morgan fingerprint density at radius 1 is 1.00 bits per heavy atom. The van der Waals surface area contributed by atoms with Gasteiger partial charge in [0, 0.05) is 10.6 Å². The maximum absolute atomic E-state index is 9.52. The van der Waals surface area contributed by atoms with Crippen LogP contribution < -0.4 is 10.6 Å². The van der Waals surface area contributed by atoms with Gasteiger partial charge in [0.25, 0.3) is 0 Å². The molecule has 1 aliphatic carbocycles. The van der Waals surface area contributed by atoms with Gasteiger partial charge >= 0.3 is 0 Å². The van der Waals surface area contributed by atoms with Gasteiger partial charge in [-0.05, 0) is 18.2 Å². The zero-order valence-electron chi connectivity index (χ0n) is 7.92. The number of aliphatic hydroxyl groups excluding tert-OH is 2. The molecule has 0 amide bonds. The van der Waals surface area contributed by atoms with E-state index in [4.69, 9.17) is 4.42 Å². The van der Waals surface area contributed by atoms with Crippen molar-refractivity contribution in [1.82, 2.24) is 0 Å². The molecule has 3 rings (SSSR count). The van der Waals surface area contributed by atoms with Crippen LogP contribution in [-0.2, 0) is 0 Å². The zero-order valence-corrected chi connectivity index (χ0v) is 7.92. The second-order valence-electron chi connectivity index (χ2n) is 3.69. The van der Waals surface area contributed by atoms with E-state index in [9.17, 15) is 10.2 Å². The number of fused-ring (bicyclic) bond motifs is 3. The standard InChI is InChI=1S/C12H10O3/c13-9-5-8-7-3-1-2-4-11(7)15-12(8)6-10(9)14/h1-6,9-10,13-14H/t9-,10-/m1/s1. The summed E-state index contributed by atoms with van der Waals surface area (Å²) in [7, 11) is 0. The first kappa shape index (κ1) is 8.71. The molecule has 2 aromatic rings. The molecule has 0 aliphatic heterocycles. The Morgan fingerprint density at radius 3 is 2.60 bits per heavy atom. The highest BCUT2D eigenvalue weighted by molar-refractivity contribution is 5.79. The third-order valence-electron chi connectivity index (χ3n) is 2.67. The zero-order chi connectivity index (χ0) is 10.4. The van der Waals surface area contributed by atoms with Crippen molar-refractivity contribution < 1.29 is 14.6 Å². The summed E-state index contributed by atoms with van der Waals surface area (Å²) in [6.45, 7) is 0. The minimum absolute atomic E-state index is 0.633. The van der Waals surface area contributed by atoms with Gasteiger partial charge in [0.2, 0.25) is 0 Å². The molecule has 0 spiro atoms. The molecule has 76 valence electrons. The van der Waals surface area contributed by atoms with Crippen molar-refractivity contribution >= 4 is 23.1 Å². The highest BCUT2D eigenvalue weighted by Crippen LogP contribution is 2.09. The fourth-order valence-electron chi connectivity index (χ4n) is 1.90. The summed E-state index contributed by atoms with van der Waals surface area (Å²) in [5.74, 6) is 0. The van der Waals surface area contributed by atoms with Gasteiger partial charge in [-0.2, -0.15) is 0 Å². The molecule has 3 nitrogen and oxygen atoms in total. The van der Waals surface area contributed by atoms with Crippen molar-refractivity contribution in [3.05, 3.63) is 34.9 Å². The smallest absolute Gasteiger partial charge is 0.135 e. The lowest BCUT2D eigenvalue weighted by Gasteiger charge is -2.11. The van der Waals surface area contributed by atoms with E-state index in [1.807, 2.05) is 24.3 Å². The molecule has 1 aromatic carbocycles. The van der Waals surface area contributed by atoms with Crippen molar-refractivity contribution in [3.8, 4) is 0 Å². The van der Waals surface area contributed by atoms with Crippen molar-refractivity contribution in [3.63, 3.8) is 0 Å². The summed E-state index contributed by atoms with van der Waals surface area (Å²) in [6.07, 6.45) is 1.45. The van der Waals surface area contributed by atoms with Crippen LogP contribution in [0.2, 0.25) is 0 Å². The summed E-state index contributed by atoms with van der Waals surface area (Å²) >= 11 is 0. The van der Waals surface area contributed by atoms with E-state index in [0.29, 0.717) is 5.42 Å². The molecule has 15 heavy (non-hydrogen) atoms. The van der Waals surface area contributed by atoms with Crippen LogP contribution in [-0.4, -0.2) is 22.4 Å². The first-order valence-corrected chi connectivity index (χ1v) is 4.83. The first-order chi connectivity index (χ1) is 7.25. The molecule has 2 N–H and O–H groups in total. The van der Waals surface area contributed by atoms with E-state index in [1.54, 1.807) is 12.2 Å². The van der Waals surface area contributed by atoms with Crippen molar-refractivity contribution in [2.75, 3.05) is 0 Å². The van der Waals surface area contributed by atoms with Gasteiger partial charge in [0.15, 0.2) is 0 Å². The molecule has 1 aromatic heterocycles. The van der Waals surface area contributed by atoms with Gasteiger partial charge in [0.05, 0.1) is 0 Å². The number of rotatable bonds is 0. The Labute approximate surface area is 85.6 Å². The summed E-state index contributed by atoms with van der Waals surface area (Å²) in [4.78, 5) is 0. The Bertz CT molecular complexity index is 624. The molecule has 0 saturated heterocycles. The van der Waals surface area contributed by atoms with Crippen LogP contribution in [0.4, 0.5) is 0 Å². The molecule has 0 radical (unpaired) electrons. The summed E-state index contributed by atoms with van der Waals surface area (Å²) in [6, 6.07) is 7.62. The van der Waals surface area contributed by atoms with Crippen LogP contribution in [0.25, 0.3) is 23.1 Å². The minimum atomic E-state index is -0.877. The SMILES string of the molecule is O[C@@H]1C=c2oc3ccccc3c2=C[C@H]1O. The van der Waals surface area contributed by atoms with E-state index in [2.05, 4.69) is 0 Å². The molecule has 0 bridgehead atoms. The van der Waals surface area contributed by atoms with Crippen LogP contribution >= 0.6 is 0 Å². The molecule has 1 aliphatic rings. The maximum atomic E-state index is 9.52. The number of benzene rings is 1. The summed E-state index contributed by atoms with van der Waals surface area (Å²) < 4.78 is 5.55. The van der Waals surface area contributed by atoms with Gasteiger partial charge in [0.1, 0.15) is 23.2 Å². The van der Waals surface area contributed by atoms with Crippen molar-refractivity contribution in [2.45, 2.75) is 12.2 Å². The van der Waals surface area contributed by atoms with Crippen LogP contribution in [0.15, 0.2) is 28.7 Å². The van der Waals surface area contributed by atoms with Gasteiger partial charge < -0.3 is 14.6 Å². The Balaban J connectivity index is 2.49. The Kier molecular flexibility index (Phi) is 1.71. The molecule has 3 heteroatoms. The lowest BCUT2D eigenvalue weighted by atomic mass is 10.1. The Morgan fingerprint density at radius 2 is 1.73 bits per heavy atom. The van der Waals surface area contributed by atoms with Gasteiger partial charge in [-0.25, -0.2) is 0 Å². The summed E-state index contributed by atoms with van der Waals surface area (Å²) in [5.41, 5.74) is 1.41. The van der Waals surface area contributed by atoms with Crippen LogP contribution in [0, 0.1) is 0 Å². The molecule has 1 heterocycles. The van der Waals surface area contributed by atoms with Crippen LogP contribution in [0.1, 0.15) is 0 Å². The predicted octanol–water partition coefficient (Wildman–Crippen LogP) is -0.271. The van der Waals surface area contributed by atoms with Gasteiger partial charge in [-0.3, -0.25) is 0 Å². The molecule has 0 unspecified atom stereocenters.